The van der Waals surface area contributed by atoms with Gasteiger partial charge >= 0.3 is 6.09 Å². The summed E-state index contributed by atoms with van der Waals surface area (Å²) in [6, 6.07) is 0. The van der Waals surface area contributed by atoms with Crippen molar-refractivity contribution in [2.24, 2.45) is 22.7 Å². The molecule has 0 aliphatic carbocycles. The average Bonchev–Trinajstić information content (AvgIpc) is 2.64. The van der Waals surface area contributed by atoms with Crippen molar-refractivity contribution in [1.82, 2.24) is 15.5 Å². The van der Waals surface area contributed by atoms with Crippen molar-refractivity contribution in [3.63, 3.8) is 0 Å². The molecule has 2 unspecified atom stereocenters. The van der Waals surface area contributed by atoms with E-state index in [1.807, 2.05) is 25.7 Å². The molecule has 0 saturated carbocycles. The summed E-state index contributed by atoms with van der Waals surface area (Å²) >= 11 is 0. The molecule has 1 aliphatic heterocycles. The highest BCUT2D eigenvalue weighted by Gasteiger charge is 2.27. The van der Waals surface area contributed by atoms with Gasteiger partial charge in [-0.25, -0.2) is 4.79 Å². The largest absolute Gasteiger partial charge is 0.444 e. The second-order valence-electron chi connectivity index (χ2n) is 9.88. The lowest BCUT2D eigenvalue weighted by atomic mass is 9.94. The summed E-state index contributed by atoms with van der Waals surface area (Å²) in [7, 11) is 0. The number of piperidine rings is 1. The van der Waals surface area contributed by atoms with Crippen LogP contribution in [0.25, 0.3) is 0 Å². The summed E-state index contributed by atoms with van der Waals surface area (Å²) in [4.78, 5) is 18.9. The third-order valence-electron chi connectivity index (χ3n) is 5.21. The van der Waals surface area contributed by atoms with Crippen molar-refractivity contribution < 1.29 is 14.6 Å². The Hall–Kier alpha value is -0.770. The number of halogens is 1. The normalized spacial score (nSPS) is 18.4. The average molecular weight is 555 g/mol. The highest BCUT2D eigenvalue weighted by molar-refractivity contribution is 14.0. The first-order chi connectivity index (χ1) is 14.1. The van der Waals surface area contributed by atoms with Crippen LogP contribution in [0, 0.1) is 17.8 Å². The molecule has 3 N–H and O–H groups in total. The molecule has 0 aromatic carbocycles. The first-order valence-electron chi connectivity index (χ1n) is 11.8. The van der Waals surface area contributed by atoms with E-state index in [1.165, 1.54) is 0 Å². The molecule has 1 aliphatic rings. The van der Waals surface area contributed by atoms with Crippen LogP contribution in [-0.2, 0) is 4.74 Å². The minimum Gasteiger partial charge on any atom is -0.444 e. The Morgan fingerprint density at radius 2 is 2.00 bits per heavy atom. The summed E-state index contributed by atoms with van der Waals surface area (Å²) in [6.07, 6.45) is 4.83. The van der Waals surface area contributed by atoms with Gasteiger partial charge in [-0.15, -0.1) is 24.0 Å². The monoisotopic (exact) mass is 554 g/mol. The summed E-state index contributed by atoms with van der Waals surface area (Å²) in [5.74, 6) is 2.33. The molecule has 184 valence electrons. The molecule has 1 amide bonds. The van der Waals surface area contributed by atoms with E-state index in [4.69, 9.17) is 9.73 Å². The molecule has 0 aromatic heterocycles. The van der Waals surface area contributed by atoms with Crippen molar-refractivity contribution >= 4 is 36.0 Å². The zero-order valence-corrected chi connectivity index (χ0v) is 22.9. The molecule has 1 rings (SSSR count). The second kappa shape index (κ2) is 15.9. The van der Waals surface area contributed by atoms with Crippen molar-refractivity contribution in [3.8, 4) is 0 Å². The van der Waals surface area contributed by atoms with Crippen LogP contribution in [0.2, 0.25) is 0 Å². The lowest BCUT2D eigenvalue weighted by Gasteiger charge is -2.34. The van der Waals surface area contributed by atoms with Crippen LogP contribution in [0.15, 0.2) is 4.99 Å². The molecule has 8 heteroatoms. The van der Waals surface area contributed by atoms with E-state index in [2.05, 4.69) is 31.4 Å². The molecular formula is C23H47IN4O3. The first kappa shape index (κ1) is 30.2. The summed E-state index contributed by atoms with van der Waals surface area (Å²) in [5.41, 5.74) is -0.452. The molecule has 0 bridgehead atoms. The highest BCUT2D eigenvalue weighted by atomic mass is 127. The van der Waals surface area contributed by atoms with E-state index in [0.717, 1.165) is 70.8 Å². The minimum atomic E-state index is -0.452. The van der Waals surface area contributed by atoms with E-state index in [0.29, 0.717) is 17.8 Å². The van der Waals surface area contributed by atoms with Crippen molar-refractivity contribution in [2.45, 2.75) is 79.2 Å². The second-order valence-corrected chi connectivity index (χ2v) is 9.88. The number of carbonyl (C=O) groups is 1. The SMILES string of the molecule is CCNC(=NCC(CCO)CC(C)C)NCCC1CCCN(C(=O)OC(C)(C)C)C1.I. The molecule has 0 aromatic rings. The third-order valence-corrected chi connectivity index (χ3v) is 5.21. The number of hydrogen-bond acceptors (Lipinski definition) is 4. The van der Waals surface area contributed by atoms with Gasteiger partial charge in [-0.05, 0) is 77.6 Å². The van der Waals surface area contributed by atoms with Gasteiger partial charge in [0.15, 0.2) is 5.96 Å². The van der Waals surface area contributed by atoms with Crippen molar-refractivity contribution in [2.75, 3.05) is 39.3 Å². The Morgan fingerprint density at radius 1 is 1.29 bits per heavy atom. The minimum absolute atomic E-state index is 0. The zero-order valence-electron chi connectivity index (χ0n) is 20.6. The molecule has 1 saturated heterocycles. The quantitative estimate of drug-likeness (QED) is 0.214. The number of amides is 1. The molecule has 2 atom stereocenters. The van der Waals surface area contributed by atoms with Gasteiger partial charge in [-0.2, -0.15) is 0 Å². The third kappa shape index (κ3) is 14.1. The molecule has 0 spiro atoms. The highest BCUT2D eigenvalue weighted by Crippen LogP contribution is 2.21. The number of aliphatic imine (C=N–C) groups is 1. The van der Waals surface area contributed by atoms with Crippen LogP contribution >= 0.6 is 24.0 Å². The van der Waals surface area contributed by atoms with Gasteiger partial charge in [0, 0.05) is 39.3 Å². The maximum Gasteiger partial charge on any atom is 0.410 e. The first-order valence-corrected chi connectivity index (χ1v) is 11.8. The van der Waals surface area contributed by atoms with Crippen LogP contribution in [0.1, 0.15) is 73.6 Å². The summed E-state index contributed by atoms with van der Waals surface area (Å²) in [5, 5.41) is 16.1. The van der Waals surface area contributed by atoms with Crippen molar-refractivity contribution in [1.29, 1.82) is 0 Å². The van der Waals surface area contributed by atoms with Crippen molar-refractivity contribution in [3.05, 3.63) is 0 Å². The molecule has 31 heavy (non-hydrogen) atoms. The number of nitrogens with one attached hydrogen (secondary N) is 2. The number of aliphatic hydroxyl groups is 1. The number of ether oxygens (including phenoxy) is 1. The Labute approximate surface area is 207 Å². The summed E-state index contributed by atoms with van der Waals surface area (Å²) in [6.45, 7) is 16.3. The fraction of sp³-hybridized carbons (Fsp3) is 0.913. The molecule has 0 radical (unpaired) electrons. The molecule has 1 heterocycles. The number of nitrogens with zero attached hydrogens (tertiary/aromatic N) is 2. The van der Waals surface area contributed by atoms with Gasteiger partial charge in [0.1, 0.15) is 5.60 Å². The smallest absolute Gasteiger partial charge is 0.410 e. The fourth-order valence-electron chi connectivity index (χ4n) is 3.88. The number of guanidine groups is 1. The topological polar surface area (TPSA) is 86.2 Å². The Kier molecular flexibility index (Phi) is 15.5. The Morgan fingerprint density at radius 3 is 2.58 bits per heavy atom. The lowest BCUT2D eigenvalue weighted by molar-refractivity contribution is 0.0162. The maximum absolute atomic E-state index is 12.3. The van der Waals surface area contributed by atoms with E-state index in [1.54, 1.807) is 0 Å². The van der Waals surface area contributed by atoms with E-state index < -0.39 is 5.60 Å². The molecular weight excluding hydrogens is 507 g/mol. The maximum atomic E-state index is 12.3. The standard InChI is InChI=1S/C23H46N4O3.HI/c1-7-24-21(26-16-20(11-14-28)15-18(2)3)25-12-10-19-9-8-13-27(17-19)22(29)30-23(4,5)6;/h18-20,28H,7-17H2,1-6H3,(H2,24,25,26);1H. The van der Waals surface area contributed by atoms with Gasteiger partial charge < -0.3 is 25.4 Å². The van der Waals surface area contributed by atoms with Crippen LogP contribution in [-0.4, -0.2) is 67.0 Å². The summed E-state index contributed by atoms with van der Waals surface area (Å²) < 4.78 is 5.53. The molecule has 7 nitrogen and oxygen atoms in total. The number of carbonyl (C=O) groups excluding carboxylic acids is 1. The zero-order chi connectivity index (χ0) is 22.6. The van der Waals surface area contributed by atoms with E-state index in [9.17, 15) is 9.90 Å². The number of likely N-dealkylation sites (tertiary alicyclic amines) is 1. The number of hydrogen-bond donors (Lipinski definition) is 3. The van der Waals surface area contributed by atoms with Crippen LogP contribution < -0.4 is 10.6 Å². The van der Waals surface area contributed by atoms with E-state index in [-0.39, 0.29) is 36.7 Å². The lowest BCUT2D eigenvalue weighted by Crippen LogP contribution is -2.44. The van der Waals surface area contributed by atoms with Gasteiger partial charge in [0.05, 0.1) is 0 Å². The van der Waals surface area contributed by atoms with Gasteiger partial charge in [-0.1, -0.05) is 13.8 Å². The number of aliphatic hydroxyl groups excluding tert-OH is 1. The van der Waals surface area contributed by atoms with Gasteiger partial charge in [-0.3, -0.25) is 4.99 Å². The van der Waals surface area contributed by atoms with Crippen LogP contribution in [0.4, 0.5) is 4.79 Å². The Bertz CT molecular complexity index is 523. The van der Waals surface area contributed by atoms with Gasteiger partial charge in [0.25, 0.3) is 0 Å². The van der Waals surface area contributed by atoms with E-state index >= 15 is 0 Å². The Balaban J connectivity index is 0.00000900. The van der Waals surface area contributed by atoms with Crippen LogP contribution in [0.3, 0.4) is 0 Å². The predicted molar refractivity (Wildman–Crippen MR) is 139 cm³/mol. The number of rotatable bonds is 10. The predicted octanol–water partition coefficient (Wildman–Crippen LogP) is 4.24. The van der Waals surface area contributed by atoms with Crippen LogP contribution in [0.5, 0.6) is 0 Å². The fourth-order valence-corrected chi connectivity index (χ4v) is 3.88. The molecule has 1 fully saturated rings. The van der Waals surface area contributed by atoms with Gasteiger partial charge in [0.2, 0.25) is 0 Å².